The van der Waals surface area contributed by atoms with E-state index in [0.717, 1.165) is 4.88 Å². The van der Waals surface area contributed by atoms with Crippen molar-refractivity contribution in [1.82, 2.24) is 0 Å². The van der Waals surface area contributed by atoms with Crippen molar-refractivity contribution in [2.75, 3.05) is 11.1 Å². The molecule has 1 amide bonds. The Morgan fingerprint density at radius 1 is 1.29 bits per heavy atom. The fourth-order valence-corrected chi connectivity index (χ4v) is 1.87. The predicted octanol–water partition coefficient (Wildman–Crippen LogP) is 3.08. The van der Waals surface area contributed by atoms with Gasteiger partial charge in [-0.1, -0.05) is 6.07 Å². The van der Waals surface area contributed by atoms with Crippen molar-refractivity contribution in [3.05, 3.63) is 46.7 Å². The molecule has 0 aliphatic carbocycles. The van der Waals surface area contributed by atoms with Crippen LogP contribution in [0.5, 0.6) is 0 Å². The Morgan fingerprint density at radius 2 is 2.06 bits per heavy atom. The van der Waals surface area contributed by atoms with Crippen LogP contribution in [0.1, 0.15) is 4.88 Å². The second-order valence-electron chi connectivity index (χ2n) is 3.40. The molecule has 0 saturated heterocycles. The van der Waals surface area contributed by atoms with Gasteiger partial charge in [0, 0.05) is 16.3 Å². The third kappa shape index (κ3) is 3.49. The maximum Gasteiger partial charge on any atom is 0.411 e. The molecule has 0 atom stereocenters. The Morgan fingerprint density at radius 3 is 2.71 bits per heavy atom. The topological polar surface area (TPSA) is 64.3 Å². The molecule has 2 rings (SSSR count). The molecular formula is C12H12N2O2S. The molecule has 3 N–H and O–H groups in total. The third-order valence-corrected chi connectivity index (χ3v) is 2.93. The molecule has 2 aromatic rings. The summed E-state index contributed by atoms with van der Waals surface area (Å²) >= 11 is 1.55. The highest BCUT2D eigenvalue weighted by atomic mass is 32.1. The van der Waals surface area contributed by atoms with Crippen LogP contribution in [0.3, 0.4) is 0 Å². The summed E-state index contributed by atoms with van der Waals surface area (Å²) in [6.45, 7) is 0.290. The second kappa shape index (κ2) is 5.36. The summed E-state index contributed by atoms with van der Waals surface area (Å²) < 4.78 is 5.05. The average Bonchev–Trinajstić information content (AvgIpc) is 2.83. The minimum atomic E-state index is -0.469. The van der Waals surface area contributed by atoms with Crippen molar-refractivity contribution >= 4 is 28.8 Å². The van der Waals surface area contributed by atoms with Crippen LogP contribution in [0.25, 0.3) is 0 Å². The lowest BCUT2D eigenvalue weighted by Gasteiger charge is -2.06. The Kier molecular flexibility index (Phi) is 3.62. The highest BCUT2D eigenvalue weighted by Gasteiger charge is 2.03. The number of thiophene rings is 1. The Hall–Kier alpha value is -2.01. The molecule has 88 valence electrons. The smallest absolute Gasteiger partial charge is 0.411 e. The number of amides is 1. The van der Waals surface area contributed by atoms with Gasteiger partial charge in [0.25, 0.3) is 0 Å². The number of hydrogen-bond acceptors (Lipinski definition) is 4. The standard InChI is InChI=1S/C12H12N2O2S/c13-9-3-5-10(6-4-9)14-12(15)16-8-11-2-1-7-17-11/h1-7H,8,13H2,(H,14,15). The summed E-state index contributed by atoms with van der Waals surface area (Å²) in [4.78, 5) is 12.4. The van der Waals surface area contributed by atoms with Crippen LogP contribution >= 0.6 is 11.3 Å². The number of nitrogens with two attached hydrogens (primary N) is 1. The zero-order valence-corrected chi connectivity index (χ0v) is 9.87. The largest absolute Gasteiger partial charge is 0.444 e. The lowest BCUT2D eigenvalue weighted by atomic mass is 10.3. The van der Waals surface area contributed by atoms with E-state index in [0.29, 0.717) is 18.0 Å². The van der Waals surface area contributed by atoms with Crippen molar-refractivity contribution in [1.29, 1.82) is 0 Å². The van der Waals surface area contributed by atoms with Gasteiger partial charge in [0.15, 0.2) is 0 Å². The molecule has 4 nitrogen and oxygen atoms in total. The summed E-state index contributed by atoms with van der Waals surface area (Å²) in [5.41, 5.74) is 6.86. The third-order valence-electron chi connectivity index (χ3n) is 2.08. The fraction of sp³-hybridized carbons (Fsp3) is 0.0833. The summed E-state index contributed by atoms with van der Waals surface area (Å²) in [7, 11) is 0. The Balaban J connectivity index is 1.83. The first-order valence-corrected chi connectivity index (χ1v) is 5.94. The molecule has 1 aromatic carbocycles. The van der Waals surface area contributed by atoms with Gasteiger partial charge in [-0.3, -0.25) is 5.32 Å². The van der Waals surface area contributed by atoms with Gasteiger partial charge in [0.2, 0.25) is 0 Å². The minimum absolute atomic E-state index is 0.290. The number of rotatable bonds is 3. The van der Waals surface area contributed by atoms with E-state index < -0.39 is 6.09 Å². The second-order valence-corrected chi connectivity index (χ2v) is 4.43. The van der Waals surface area contributed by atoms with E-state index in [-0.39, 0.29) is 0 Å². The fourth-order valence-electron chi connectivity index (χ4n) is 1.25. The van der Waals surface area contributed by atoms with Crippen molar-refractivity contribution in [2.45, 2.75) is 6.61 Å². The van der Waals surface area contributed by atoms with Crippen LogP contribution < -0.4 is 11.1 Å². The summed E-state index contributed by atoms with van der Waals surface area (Å²) in [6, 6.07) is 10.7. The molecule has 0 fully saturated rings. The van der Waals surface area contributed by atoms with Crippen LogP contribution in [0.15, 0.2) is 41.8 Å². The van der Waals surface area contributed by atoms with Gasteiger partial charge in [-0.25, -0.2) is 4.79 Å². The van der Waals surface area contributed by atoms with Crippen molar-refractivity contribution in [3.63, 3.8) is 0 Å². The van der Waals surface area contributed by atoms with Gasteiger partial charge >= 0.3 is 6.09 Å². The van der Waals surface area contributed by atoms with E-state index in [4.69, 9.17) is 10.5 Å². The van der Waals surface area contributed by atoms with Crippen LogP contribution in [0.2, 0.25) is 0 Å². The molecule has 0 aliphatic heterocycles. The van der Waals surface area contributed by atoms with Crippen LogP contribution in [-0.2, 0) is 11.3 Å². The van der Waals surface area contributed by atoms with Crippen LogP contribution in [-0.4, -0.2) is 6.09 Å². The number of benzene rings is 1. The van der Waals surface area contributed by atoms with Gasteiger partial charge in [0.1, 0.15) is 6.61 Å². The normalized spacial score (nSPS) is 9.88. The lowest BCUT2D eigenvalue weighted by Crippen LogP contribution is -2.13. The quantitative estimate of drug-likeness (QED) is 0.820. The maximum absolute atomic E-state index is 11.4. The summed E-state index contributed by atoms with van der Waals surface area (Å²) in [5, 5.41) is 4.56. The maximum atomic E-state index is 11.4. The number of nitrogen functional groups attached to an aromatic ring is 1. The predicted molar refractivity (Wildman–Crippen MR) is 69.0 cm³/mol. The molecule has 0 aliphatic rings. The van der Waals surface area contributed by atoms with Gasteiger partial charge in [-0.05, 0) is 35.7 Å². The number of ether oxygens (including phenoxy) is 1. The lowest BCUT2D eigenvalue weighted by molar-refractivity contribution is 0.156. The highest BCUT2D eigenvalue weighted by molar-refractivity contribution is 7.09. The molecule has 0 saturated carbocycles. The van der Waals surface area contributed by atoms with Gasteiger partial charge in [-0.2, -0.15) is 0 Å². The average molecular weight is 248 g/mol. The number of carbonyl (C=O) groups is 1. The van der Waals surface area contributed by atoms with E-state index in [2.05, 4.69) is 5.32 Å². The highest BCUT2D eigenvalue weighted by Crippen LogP contribution is 2.12. The van der Waals surface area contributed by atoms with Crippen molar-refractivity contribution in [3.8, 4) is 0 Å². The summed E-state index contributed by atoms with van der Waals surface area (Å²) in [6.07, 6.45) is -0.469. The number of hydrogen-bond donors (Lipinski definition) is 2. The zero-order chi connectivity index (χ0) is 12.1. The van der Waals surface area contributed by atoms with E-state index in [1.165, 1.54) is 0 Å². The molecule has 0 radical (unpaired) electrons. The Bertz CT molecular complexity index is 480. The molecule has 0 bridgehead atoms. The van der Waals surface area contributed by atoms with E-state index in [1.807, 2.05) is 17.5 Å². The van der Waals surface area contributed by atoms with Crippen molar-refractivity contribution in [2.24, 2.45) is 0 Å². The minimum Gasteiger partial charge on any atom is -0.444 e. The molecule has 1 aromatic heterocycles. The first-order chi connectivity index (χ1) is 8.24. The number of nitrogens with one attached hydrogen (secondary N) is 1. The molecular weight excluding hydrogens is 236 g/mol. The van der Waals surface area contributed by atoms with Crippen LogP contribution in [0, 0.1) is 0 Å². The van der Waals surface area contributed by atoms with Gasteiger partial charge < -0.3 is 10.5 Å². The van der Waals surface area contributed by atoms with Crippen molar-refractivity contribution < 1.29 is 9.53 Å². The van der Waals surface area contributed by atoms with Gasteiger partial charge in [0.05, 0.1) is 0 Å². The van der Waals surface area contributed by atoms with Crippen LogP contribution in [0.4, 0.5) is 16.2 Å². The van der Waals surface area contributed by atoms with E-state index in [1.54, 1.807) is 35.6 Å². The molecule has 0 unspecified atom stereocenters. The first kappa shape index (κ1) is 11.5. The molecule has 0 spiro atoms. The van der Waals surface area contributed by atoms with E-state index >= 15 is 0 Å². The van der Waals surface area contributed by atoms with E-state index in [9.17, 15) is 4.79 Å². The molecule has 17 heavy (non-hydrogen) atoms. The molecule has 5 heteroatoms. The Labute approximate surface area is 103 Å². The monoisotopic (exact) mass is 248 g/mol. The summed E-state index contributed by atoms with van der Waals surface area (Å²) in [5.74, 6) is 0. The molecule has 1 heterocycles. The first-order valence-electron chi connectivity index (χ1n) is 5.06. The SMILES string of the molecule is Nc1ccc(NC(=O)OCc2cccs2)cc1. The van der Waals surface area contributed by atoms with Gasteiger partial charge in [-0.15, -0.1) is 11.3 Å². The number of carbonyl (C=O) groups excluding carboxylic acids is 1. The number of anilines is 2. The zero-order valence-electron chi connectivity index (χ0n) is 9.05.